The average Bonchev–Trinajstić information content (AvgIpc) is 2.79. The first-order chi connectivity index (χ1) is 7.45. The van der Waals surface area contributed by atoms with Crippen LogP contribution in [0.15, 0.2) is 11.6 Å². The summed E-state index contributed by atoms with van der Waals surface area (Å²) in [6.07, 6.45) is 5.60. The van der Waals surface area contributed by atoms with E-state index in [1.807, 2.05) is 11.6 Å². The van der Waals surface area contributed by atoms with Gasteiger partial charge in [0.25, 0.3) is 0 Å². The van der Waals surface area contributed by atoms with Crippen LogP contribution in [0.3, 0.4) is 0 Å². The Morgan fingerprint density at radius 2 is 2.33 bits per heavy atom. The first-order valence-corrected chi connectivity index (χ1v) is 6.63. The number of hydrogen-bond donors (Lipinski definition) is 2. The average molecular weight is 225 g/mol. The van der Waals surface area contributed by atoms with Gasteiger partial charge in [-0.05, 0) is 38.4 Å². The number of piperidine rings is 1. The fourth-order valence-corrected chi connectivity index (χ4v) is 2.58. The van der Waals surface area contributed by atoms with Crippen molar-refractivity contribution in [3.8, 4) is 0 Å². The Hall–Kier alpha value is -0.450. The molecule has 1 saturated heterocycles. The molecule has 3 nitrogen and oxygen atoms in total. The van der Waals surface area contributed by atoms with Gasteiger partial charge in [-0.2, -0.15) is 0 Å². The summed E-state index contributed by atoms with van der Waals surface area (Å²) in [4.78, 5) is 4.27. The van der Waals surface area contributed by atoms with Crippen LogP contribution in [0.25, 0.3) is 0 Å². The zero-order valence-electron chi connectivity index (χ0n) is 9.04. The van der Waals surface area contributed by atoms with E-state index >= 15 is 0 Å². The molecule has 2 N–H and O–H groups in total. The van der Waals surface area contributed by atoms with Gasteiger partial charge in [-0.3, -0.25) is 0 Å². The van der Waals surface area contributed by atoms with Crippen molar-refractivity contribution in [1.29, 1.82) is 0 Å². The van der Waals surface area contributed by atoms with E-state index in [9.17, 15) is 0 Å². The van der Waals surface area contributed by atoms with Crippen LogP contribution < -0.4 is 10.6 Å². The molecule has 1 fully saturated rings. The lowest BCUT2D eigenvalue weighted by molar-refractivity contribution is 0.358. The summed E-state index contributed by atoms with van der Waals surface area (Å²) < 4.78 is 0. The molecule has 0 radical (unpaired) electrons. The number of rotatable bonds is 5. The fourth-order valence-electron chi connectivity index (χ4n) is 1.96. The highest BCUT2D eigenvalue weighted by molar-refractivity contribution is 7.09. The second kappa shape index (κ2) is 6.20. The lowest BCUT2D eigenvalue weighted by Gasteiger charge is -2.22. The van der Waals surface area contributed by atoms with Gasteiger partial charge in [-0.15, -0.1) is 11.3 Å². The summed E-state index contributed by atoms with van der Waals surface area (Å²) in [5.41, 5.74) is 0. The van der Waals surface area contributed by atoms with Crippen molar-refractivity contribution in [2.24, 2.45) is 5.92 Å². The molecule has 0 aliphatic carbocycles. The molecule has 0 amide bonds. The molecule has 1 aliphatic heterocycles. The van der Waals surface area contributed by atoms with Crippen LogP contribution in [0, 0.1) is 5.92 Å². The SMILES string of the molecule is c1csc(CCNCC2CCNCC2)n1. The molecular weight excluding hydrogens is 206 g/mol. The van der Waals surface area contributed by atoms with Crippen molar-refractivity contribution in [3.05, 3.63) is 16.6 Å². The Balaban J connectivity index is 1.54. The van der Waals surface area contributed by atoms with E-state index < -0.39 is 0 Å². The van der Waals surface area contributed by atoms with E-state index in [4.69, 9.17) is 0 Å². The zero-order valence-corrected chi connectivity index (χ0v) is 9.85. The number of aromatic nitrogens is 1. The maximum atomic E-state index is 4.27. The normalized spacial score (nSPS) is 18.1. The van der Waals surface area contributed by atoms with E-state index in [1.165, 1.54) is 37.5 Å². The van der Waals surface area contributed by atoms with E-state index in [-0.39, 0.29) is 0 Å². The third-order valence-corrected chi connectivity index (χ3v) is 3.73. The van der Waals surface area contributed by atoms with Gasteiger partial charge < -0.3 is 10.6 Å². The number of nitrogens with zero attached hydrogens (tertiary/aromatic N) is 1. The molecular formula is C11H19N3S. The van der Waals surface area contributed by atoms with Gasteiger partial charge in [0.1, 0.15) is 0 Å². The highest BCUT2D eigenvalue weighted by atomic mass is 32.1. The van der Waals surface area contributed by atoms with Crippen LogP contribution in [0.4, 0.5) is 0 Å². The van der Waals surface area contributed by atoms with Gasteiger partial charge in [-0.1, -0.05) is 0 Å². The van der Waals surface area contributed by atoms with Gasteiger partial charge in [-0.25, -0.2) is 4.98 Å². The molecule has 2 heterocycles. The fraction of sp³-hybridized carbons (Fsp3) is 0.727. The van der Waals surface area contributed by atoms with Crippen molar-refractivity contribution in [2.45, 2.75) is 19.3 Å². The molecule has 0 bridgehead atoms. The van der Waals surface area contributed by atoms with Crippen molar-refractivity contribution >= 4 is 11.3 Å². The minimum absolute atomic E-state index is 0.877. The Kier molecular flexibility index (Phi) is 4.57. The minimum atomic E-state index is 0.877. The quantitative estimate of drug-likeness (QED) is 0.741. The van der Waals surface area contributed by atoms with Gasteiger partial charge in [0.15, 0.2) is 0 Å². The topological polar surface area (TPSA) is 37.0 Å². The van der Waals surface area contributed by atoms with E-state index in [2.05, 4.69) is 15.6 Å². The van der Waals surface area contributed by atoms with Gasteiger partial charge in [0.05, 0.1) is 5.01 Å². The van der Waals surface area contributed by atoms with Crippen LogP contribution >= 0.6 is 11.3 Å². The van der Waals surface area contributed by atoms with E-state index in [0.717, 1.165) is 18.9 Å². The molecule has 1 aliphatic rings. The maximum absolute atomic E-state index is 4.27. The largest absolute Gasteiger partial charge is 0.317 e. The van der Waals surface area contributed by atoms with Crippen LogP contribution in [-0.2, 0) is 6.42 Å². The Morgan fingerprint density at radius 1 is 1.47 bits per heavy atom. The molecule has 1 aromatic rings. The Labute approximate surface area is 95.3 Å². The van der Waals surface area contributed by atoms with Gasteiger partial charge in [0, 0.05) is 24.5 Å². The predicted octanol–water partition coefficient (Wildman–Crippen LogP) is 1.27. The highest BCUT2D eigenvalue weighted by Crippen LogP contribution is 2.10. The summed E-state index contributed by atoms with van der Waals surface area (Å²) in [6.45, 7) is 4.63. The van der Waals surface area contributed by atoms with Gasteiger partial charge >= 0.3 is 0 Å². The lowest BCUT2D eigenvalue weighted by Crippen LogP contribution is -2.34. The van der Waals surface area contributed by atoms with Gasteiger partial charge in [0.2, 0.25) is 0 Å². The van der Waals surface area contributed by atoms with E-state index in [1.54, 1.807) is 11.3 Å². The van der Waals surface area contributed by atoms with Crippen molar-refractivity contribution in [3.63, 3.8) is 0 Å². The molecule has 0 unspecified atom stereocenters. The Bertz CT molecular complexity index is 255. The molecule has 0 atom stereocenters. The first-order valence-electron chi connectivity index (χ1n) is 5.75. The van der Waals surface area contributed by atoms with Crippen LogP contribution in [-0.4, -0.2) is 31.2 Å². The lowest BCUT2D eigenvalue weighted by atomic mass is 9.98. The number of nitrogens with one attached hydrogen (secondary N) is 2. The molecule has 0 aromatic carbocycles. The van der Waals surface area contributed by atoms with Crippen molar-refractivity contribution in [1.82, 2.24) is 15.6 Å². The summed E-state index contributed by atoms with van der Waals surface area (Å²) in [6, 6.07) is 0. The predicted molar refractivity (Wildman–Crippen MR) is 64.3 cm³/mol. The first kappa shape index (κ1) is 11.0. The maximum Gasteiger partial charge on any atom is 0.0937 e. The summed E-state index contributed by atoms with van der Waals surface area (Å²) in [5.74, 6) is 0.877. The smallest absolute Gasteiger partial charge is 0.0937 e. The Morgan fingerprint density at radius 3 is 3.07 bits per heavy atom. The van der Waals surface area contributed by atoms with Crippen molar-refractivity contribution < 1.29 is 0 Å². The molecule has 4 heteroatoms. The summed E-state index contributed by atoms with van der Waals surface area (Å²) in [5, 5.41) is 10.2. The third-order valence-electron chi connectivity index (χ3n) is 2.89. The zero-order chi connectivity index (χ0) is 10.3. The molecule has 84 valence electrons. The number of thiazole rings is 1. The van der Waals surface area contributed by atoms with Crippen LogP contribution in [0.5, 0.6) is 0 Å². The molecule has 0 spiro atoms. The second-order valence-corrected chi connectivity index (χ2v) is 5.05. The molecule has 0 saturated carbocycles. The second-order valence-electron chi connectivity index (χ2n) is 4.07. The van der Waals surface area contributed by atoms with Crippen molar-refractivity contribution in [2.75, 3.05) is 26.2 Å². The molecule has 2 rings (SSSR count). The third kappa shape index (κ3) is 3.89. The summed E-state index contributed by atoms with van der Waals surface area (Å²) >= 11 is 1.75. The molecule has 1 aromatic heterocycles. The summed E-state index contributed by atoms with van der Waals surface area (Å²) in [7, 11) is 0. The van der Waals surface area contributed by atoms with Crippen LogP contribution in [0.2, 0.25) is 0 Å². The van der Waals surface area contributed by atoms with Crippen LogP contribution in [0.1, 0.15) is 17.8 Å². The minimum Gasteiger partial charge on any atom is -0.317 e. The molecule has 15 heavy (non-hydrogen) atoms. The van der Waals surface area contributed by atoms with E-state index in [0.29, 0.717) is 0 Å². The highest BCUT2D eigenvalue weighted by Gasteiger charge is 2.11. The standard InChI is InChI=1S/C11H19N3S/c1-4-12-5-2-10(1)9-13-6-3-11-14-7-8-15-11/h7-8,10,12-13H,1-6,9H2. The monoisotopic (exact) mass is 225 g/mol. The number of hydrogen-bond acceptors (Lipinski definition) is 4.